The number of aliphatic hydroxyl groups excluding tert-OH is 1. The fourth-order valence-corrected chi connectivity index (χ4v) is 0.407. The molecule has 0 aromatic heterocycles. The highest BCUT2D eigenvalue weighted by Gasteiger charge is 2.19. The molecule has 0 aromatic carbocycles. The monoisotopic (exact) mass is 323 g/mol. The first-order valence-electron chi connectivity index (χ1n) is 3.57. The highest BCUT2D eigenvalue weighted by Crippen LogP contribution is 1.94. The Morgan fingerprint density at radius 2 is 1.57 bits per heavy atom. The zero-order valence-electron chi connectivity index (χ0n) is 8.23. The molecule has 0 saturated heterocycles. The van der Waals surface area contributed by atoms with Crippen LogP contribution in [-0.4, -0.2) is 42.7 Å². The molecule has 0 radical (unpaired) electrons. The molecule has 7 nitrogen and oxygen atoms in total. The summed E-state index contributed by atoms with van der Waals surface area (Å²) in [6.07, 6.45) is 0. The molecular formula is C6H14INO6. The Kier molecular flexibility index (Phi) is 7.83. The summed E-state index contributed by atoms with van der Waals surface area (Å²) in [5.74, 6) is 0.0732. The number of hydrogen-bond acceptors (Lipinski definition) is 6. The molecule has 14 heavy (non-hydrogen) atoms. The van der Waals surface area contributed by atoms with Crippen LogP contribution in [0.4, 0.5) is 0 Å². The van der Waals surface area contributed by atoms with Crippen LogP contribution >= 0.6 is 0 Å². The van der Waals surface area contributed by atoms with Gasteiger partial charge in [0.2, 0.25) is 0 Å². The Morgan fingerprint density at radius 1 is 1.29 bits per heavy atom. The van der Waals surface area contributed by atoms with E-state index >= 15 is 0 Å². The van der Waals surface area contributed by atoms with Gasteiger partial charge in [0.15, 0.2) is 0 Å². The molecular weight excluding hydrogens is 309 g/mol. The first-order chi connectivity index (χ1) is 6.00. The van der Waals surface area contributed by atoms with Gasteiger partial charge in [-0.2, -0.15) is 0 Å². The number of quaternary nitrogens is 1. The zero-order valence-corrected chi connectivity index (χ0v) is 10.4. The van der Waals surface area contributed by atoms with Crippen molar-refractivity contribution >= 4 is 5.91 Å². The molecule has 0 fully saturated rings. The molecule has 0 unspecified atom stereocenters. The SMILES string of the molecule is CC(=O)[N+](C)(C)CCO.[O-][I+3]([O-])([O-])[O-]. The van der Waals surface area contributed by atoms with Gasteiger partial charge >= 0.3 is 5.91 Å². The van der Waals surface area contributed by atoms with Crippen molar-refractivity contribution in [1.82, 2.24) is 0 Å². The number of amides is 1. The Morgan fingerprint density at radius 3 is 1.64 bits per heavy atom. The highest BCUT2D eigenvalue weighted by atomic mass is 127. The van der Waals surface area contributed by atoms with Crippen molar-refractivity contribution < 1.29 is 48.2 Å². The van der Waals surface area contributed by atoms with Crippen molar-refractivity contribution in [3.8, 4) is 0 Å². The molecule has 0 aromatic rings. The quantitative estimate of drug-likeness (QED) is 0.397. The van der Waals surface area contributed by atoms with Crippen LogP contribution in [0, 0.1) is 0 Å². The van der Waals surface area contributed by atoms with Crippen molar-refractivity contribution in [2.75, 3.05) is 27.2 Å². The molecule has 0 aliphatic carbocycles. The van der Waals surface area contributed by atoms with Gasteiger partial charge in [-0.15, -0.1) is 0 Å². The fraction of sp³-hybridized carbons (Fsp3) is 0.833. The number of aliphatic hydroxyl groups is 1. The number of rotatable bonds is 2. The van der Waals surface area contributed by atoms with Crippen LogP contribution in [0.25, 0.3) is 0 Å². The lowest BCUT2D eigenvalue weighted by molar-refractivity contribution is -2.00. The summed E-state index contributed by atoms with van der Waals surface area (Å²) in [4.78, 5) is 10.7. The van der Waals surface area contributed by atoms with Gasteiger partial charge in [-0.1, -0.05) is 0 Å². The van der Waals surface area contributed by atoms with E-state index in [0.717, 1.165) is 0 Å². The van der Waals surface area contributed by atoms with Crippen LogP contribution in [0.5, 0.6) is 0 Å². The van der Waals surface area contributed by atoms with Gasteiger partial charge < -0.3 is 5.11 Å². The number of likely N-dealkylation sites (N-methyl/N-ethyl adjacent to an activating group) is 1. The molecule has 0 rings (SSSR count). The topological polar surface area (TPSA) is 130 Å². The summed E-state index contributed by atoms with van der Waals surface area (Å²) in [5.41, 5.74) is 0. The Bertz CT molecular complexity index is 172. The van der Waals surface area contributed by atoms with Crippen molar-refractivity contribution in [3.05, 3.63) is 0 Å². The summed E-state index contributed by atoms with van der Waals surface area (Å²) in [5, 5.41) is 8.48. The molecule has 0 atom stereocenters. The zero-order chi connectivity index (χ0) is 12.0. The van der Waals surface area contributed by atoms with E-state index in [1.807, 2.05) is 0 Å². The second-order valence-electron chi connectivity index (χ2n) is 3.03. The highest BCUT2D eigenvalue weighted by molar-refractivity contribution is 5.65. The third-order valence-electron chi connectivity index (χ3n) is 1.51. The largest absolute Gasteiger partial charge is 0.390 e. The first-order valence-corrected chi connectivity index (χ1v) is 7.10. The maximum atomic E-state index is 10.7. The number of hydrogen-bond donors (Lipinski definition) is 1. The van der Waals surface area contributed by atoms with E-state index in [-0.39, 0.29) is 17.0 Å². The summed E-state index contributed by atoms with van der Waals surface area (Å²) in [6, 6.07) is 0. The molecule has 0 aliphatic rings. The molecule has 1 amide bonds. The van der Waals surface area contributed by atoms with Gasteiger partial charge in [0.1, 0.15) is 26.6 Å². The van der Waals surface area contributed by atoms with Gasteiger partial charge in [-0.05, 0) is 0 Å². The summed E-state index contributed by atoms with van der Waals surface area (Å²) < 4.78 is 34.7. The predicted octanol–water partition coefficient (Wildman–Crippen LogP) is -8.15. The van der Waals surface area contributed by atoms with E-state index in [1.165, 1.54) is 6.92 Å². The van der Waals surface area contributed by atoms with Crippen LogP contribution in [0.2, 0.25) is 0 Å². The van der Waals surface area contributed by atoms with Crippen molar-refractivity contribution in [2.24, 2.45) is 0 Å². The van der Waals surface area contributed by atoms with Crippen LogP contribution < -0.4 is 33.8 Å². The van der Waals surface area contributed by atoms with E-state index in [4.69, 9.17) is 18.9 Å². The third kappa shape index (κ3) is 14.7. The van der Waals surface area contributed by atoms with Crippen molar-refractivity contribution in [1.29, 1.82) is 0 Å². The van der Waals surface area contributed by atoms with Crippen LogP contribution in [0.1, 0.15) is 6.92 Å². The van der Waals surface area contributed by atoms with Gasteiger partial charge in [-0.25, -0.2) is 4.79 Å². The molecule has 0 saturated carbocycles. The molecule has 0 heterocycles. The number of nitrogens with zero attached hydrogens (tertiary/aromatic N) is 1. The summed E-state index contributed by atoms with van der Waals surface area (Å²) in [6.45, 7) is 2.08. The molecule has 8 heteroatoms. The van der Waals surface area contributed by atoms with E-state index in [9.17, 15) is 4.79 Å². The van der Waals surface area contributed by atoms with Crippen LogP contribution in [-0.2, 0) is 4.79 Å². The van der Waals surface area contributed by atoms with Crippen molar-refractivity contribution in [2.45, 2.75) is 6.92 Å². The van der Waals surface area contributed by atoms with E-state index in [1.54, 1.807) is 14.1 Å². The molecule has 0 spiro atoms. The van der Waals surface area contributed by atoms with Gasteiger partial charge in [-0.3, -0.25) is 18.2 Å². The molecule has 1 N–H and O–H groups in total. The predicted molar refractivity (Wildman–Crippen MR) is 34.7 cm³/mol. The van der Waals surface area contributed by atoms with E-state index in [0.29, 0.717) is 6.54 Å². The van der Waals surface area contributed by atoms with E-state index < -0.39 is 20.1 Å². The number of halogens is 1. The average molecular weight is 323 g/mol. The fourth-order valence-electron chi connectivity index (χ4n) is 0.407. The number of carbonyl (C=O) groups is 1. The Balaban J connectivity index is 0. The molecule has 86 valence electrons. The maximum absolute atomic E-state index is 10.7. The first kappa shape index (κ1) is 16.6. The second kappa shape index (κ2) is 6.61. The Labute approximate surface area is 88.5 Å². The summed E-state index contributed by atoms with van der Waals surface area (Å²) >= 11 is -5.94. The summed E-state index contributed by atoms with van der Waals surface area (Å²) in [7, 11) is 3.55. The smallest absolute Gasteiger partial charge is 0.310 e. The van der Waals surface area contributed by atoms with E-state index in [2.05, 4.69) is 0 Å². The number of carbonyl (C=O) groups excluding carboxylic acids is 1. The van der Waals surface area contributed by atoms with Crippen LogP contribution in [0.15, 0.2) is 0 Å². The normalized spacial score (nSPS) is 11.7. The van der Waals surface area contributed by atoms with Gasteiger partial charge in [0.05, 0.1) is 27.6 Å². The molecule has 0 aliphatic heterocycles. The average Bonchev–Trinajstić information content (AvgIpc) is 1.82. The van der Waals surface area contributed by atoms with Crippen LogP contribution in [0.3, 0.4) is 0 Å². The van der Waals surface area contributed by atoms with Gasteiger partial charge in [0, 0.05) is 0 Å². The standard InChI is InChI=1S/C6H14NO2.IO4/c1-6(9)7(2,3)4-5-8;2-1(3,4)5/h8H,4-5H2,1-3H3;/q+1;-1. The lowest BCUT2D eigenvalue weighted by Crippen LogP contribution is -4.29. The lowest BCUT2D eigenvalue weighted by atomic mass is 10.4. The van der Waals surface area contributed by atoms with Crippen molar-refractivity contribution in [3.63, 3.8) is 0 Å². The Hall–Kier alpha value is 0.160. The lowest BCUT2D eigenvalue weighted by Gasteiger charge is -2.23. The second-order valence-corrected chi connectivity index (χ2v) is 5.19. The minimum Gasteiger partial charge on any atom is -0.390 e. The maximum Gasteiger partial charge on any atom is 0.310 e. The molecule has 0 bridgehead atoms. The minimum absolute atomic E-state index is 0.0621. The van der Waals surface area contributed by atoms with Gasteiger partial charge in [0.25, 0.3) is 0 Å². The minimum atomic E-state index is -5.94. The third-order valence-corrected chi connectivity index (χ3v) is 1.51.